The van der Waals surface area contributed by atoms with E-state index in [0.717, 1.165) is 29.3 Å². The van der Waals surface area contributed by atoms with Crippen molar-refractivity contribution < 1.29 is 4.79 Å². The van der Waals surface area contributed by atoms with Crippen LogP contribution in [0.1, 0.15) is 18.5 Å². The monoisotopic (exact) mass is 255 g/mol. The number of aromatic nitrogens is 1. The largest absolute Gasteiger partial charge is 0.333 e. The van der Waals surface area contributed by atoms with Crippen molar-refractivity contribution in [1.29, 1.82) is 0 Å². The molecule has 1 fully saturated rings. The second kappa shape index (κ2) is 4.97. The van der Waals surface area contributed by atoms with Crippen LogP contribution in [0.2, 0.25) is 0 Å². The lowest BCUT2D eigenvalue weighted by molar-refractivity contribution is -0.130. The van der Waals surface area contributed by atoms with Crippen LogP contribution in [-0.4, -0.2) is 28.4 Å². The summed E-state index contributed by atoms with van der Waals surface area (Å²) < 4.78 is 0. The summed E-state index contributed by atoms with van der Waals surface area (Å²) in [6, 6.07) is 10.5. The first-order valence-corrected chi connectivity index (χ1v) is 6.62. The molecule has 1 aliphatic rings. The van der Waals surface area contributed by atoms with E-state index < -0.39 is 0 Å². The second-order valence-electron chi connectivity index (χ2n) is 4.94. The maximum atomic E-state index is 11.9. The molecule has 2 N–H and O–H groups in total. The van der Waals surface area contributed by atoms with Gasteiger partial charge in [0.25, 0.3) is 0 Å². The number of hydrogen-bond donors (Lipinski definition) is 1. The minimum absolute atomic E-state index is 0.0113. The Labute approximate surface area is 112 Å². The Kier molecular flexibility index (Phi) is 3.17. The van der Waals surface area contributed by atoms with Crippen LogP contribution in [0.15, 0.2) is 36.5 Å². The molecule has 19 heavy (non-hydrogen) atoms. The standard InChI is InChI=1S/C15H17N3O/c16-9-15(19)18(12-5-6-12)10-14-13-4-2-1-3-11(13)7-8-17-14/h1-4,7-8,12H,5-6,9-10,16H2. The molecule has 1 aromatic carbocycles. The van der Waals surface area contributed by atoms with Crippen molar-refractivity contribution in [3.05, 3.63) is 42.2 Å². The van der Waals surface area contributed by atoms with E-state index in [1.54, 1.807) is 6.20 Å². The van der Waals surface area contributed by atoms with E-state index in [-0.39, 0.29) is 12.5 Å². The van der Waals surface area contributed by atoms with E-state index >= 15 is 0 Å². The van der Waals surface area contributed by atoms with E-state index in [1.807, 2.05) is 23.1 Å². The number of benzene rings is 1. The van der Waals surface area contributed by atoms with Crippen LogP contribution in [0.3, 0.4) is 0 Å². The summed E-state index contributed by atoms with van der Waals surface area (Å²) in [4.78, 5) is 18.2. The fraction of sp³-hybridized carbons (Fsp3) is 0.333. The van der Waals surface area contributed by atoms with E-state index in [0.29, 0.717) is 12.6 Å². The summed E-state index contributed by atoms with van der Waals surface area (Å²) in [6.45, 7) is 0.628. The van der Waals surface area contributed by atoms with Gasteiger partial charge >= 0.3 is 0 Å². The van der Waals surface area contributed by atoms with Gasteiger partial charge in [0, 0.05) is 17.6 Å². The van der Waals surface area contributed by atoms with Gasteiger partial charge in [0.05, 0.1) is 18.8 Å². The molecule has 1 aromatic heterocycles. The van der Waals surface area contributed by atoms with Gasteiger partial charge in [-0.2, -0.15) is 0 Å². The maximum Gasteiger partial charge on any atom is 0.236 e. The molecule has 0 aliphatic heterocycles. The first kappa shape index (κ1) is 12.1. The van der Waals surface area contributed by atoms with Crippen LogP contribution in [0.25, 0.3) is 10.8 Å². The SMILES string of the molecule is NCC(=O)N(Cc1nccc2ccccc12)C1CC1. The summed E-state index contributed by atoms with van der Waals surface area (Å²) in [7, 11) is 0. The number of rotatable bonds is 4. The Morgan fingerprint density at radius 2 is 2.11 bits per heavy atom. The number of amides is 1. The predicted octanol–water partition coefficient (Wildman–Crippen LogP) is 1.68. The van der Waals surface area contributed by atoms with E-state index in [4.69, 9.17) is 5.73 Å². The molecule has 0 saturated heterocycles. The van der Waals surface area contributed by atoms with Crippen molar-refractivity contribution in [2.24, 2.45) is 5.73 Å². The number of fused-ring (bicyclic) bond motifs is 1. The van der Waals surface area contributed by atoms with Gasteiger partial charge < -0.3 is 10.6 Å². The normalized spacial score (nSPS) is 14.6. The molecule has 3 rings (SSSR count). The number of nitrogens with zero attached hydrogens (tertiary/aromatic N) is 2. The highest BCUT2D eigenvalue weighted by molar-refractivity contribution is 5.85. The highest BCUT2D eigenvalue weighted by Gasteiger charge is 2.32. The van der Waals surface area contributed by atoms with Crippen LogP contribution >= 0.6 is 0 Å². The lowest BCUT2D eigenvalue weighted by atomic mass is 10.1. The van der Waals surface area contributed by atoms with Gasteiger partial charge in [-0.25, -0.2) is 0 Å². The molecule has 98 valence electrons. The molecule has 0 bridgehead atoms. The third kappa shape index (κ3) is 2.44. The van der Waals surface area contributed by atoms with E-state index in [9.17, 15) is 4.79 Å². The average Bonchev–Trinajstić information content (AvgIpc) is 3.28. The molecule has 0 spiro atoms. The fourth-order valence-corrected chi connectivity index (χ4v) is 2.39. The van der Waals surface area contributed by atoms with E-state index in [2.05, 4.69) is 17.1 Å². The second-order valence-corrected chi connectivity index (χ2v) is 4.94. The first-order chi connectivity index (χ1) is 9.29. The van der Waals surface area contributed by atoms with Crippen molar-refractivity contribution in [1.82, 2.24) is 9.88 Å². The number of nitrogens with two attached hydrogens (primary N) is 1. The minimum atomic E-state index is 0.0113. The molecule has 4 heteroatoms. The lowest BCUT2D eigenvalue weighted by Gasteiger charge is -2.22. The molecule has 0 unspecified atom stereocenters. The van der Waals surface area contributed by atoms with Gasteiger partial charge in [-0.3, -0.25) is 9.78 Å². The summed E-state index contributed by atoms with van der Waals surface area (Å²) in [5.74, 6) is 0.0113. The van der Waals surface area contributed by atoms with Gasteiger partial charge in [-0.05, 0) is 24.3 Å². The molecular weight excluding hydrogens is 238 g/mol. The molecule has 1 amide bonds. The average molecular weight is 255 g/mol. The van der Waals surface area contributed by atoms with Crippen LogP contribution < -0.4 is 5.73 Å². The highest BCUT2D eigenvalue weighted by atomic mass is 16.2. The zero-order valence-corrected chi connectivity index (χ0v) is 10.7. The summed E-state index contributed by atoms with van der Waals surface area (Å²) in [6.07, 6.45) is 3.96. The van der Waals surface area contributed by atoms with Gasteiger partial charge in [0.15, 0.2) is 0 Å². The van der Waals surface area contributed by atoms with Gasteiger partial charge in [0.2, 0.25) is 5.91 Å². The molecule has 4 nitrogen and oxygen atoms in total. The van der Waals surface area contributed by atoms with Gasteiger partial charge in [0.1, 0.15) is 0 Å². The zero-order valence-electron chi connectivity index (χ0n) is 10.7. The number of hydrogen-bond acceptors (Lipinski definition) is 3. The number of carbonyl (C=O) groups is 1. The lowest BCUT2D eigenvalue weighted by Crippen LogP contribution is -2.37. The van der Waals surface area contributed by atoms with Crippen molar-refractivity contribution in [2.75, 3.05) is 6.54 Å². The molecule has 1 aliphatic carbocycles. The Bertz CT molecular complexity index is 602. The van der Waals surface area contributed by atoms with Crippen LogP contribution in [0, 0.1) is 0 Å². The highest BCUT2D eigenvalue weighted by Crippen LogP contribution is 2.29. The van der Waals surface area contributed by atoms with Crippen LogP contribution in [0.4, 0.5) is 0 Å². The van der Waals surface area contributed by atoms with Crippen molar-refractivity contribution in [3.8, 4) is 0 Å². The Balaban J connectivity index is 1.93. The Morgan fingerprint density at radius 1 is 1.32 bits per heavy atom. The van der Waals surface area contributed by atoms with Crippen molar-refractivity contribution >= 4 is 16.7 Å². The Hall–Kier alpha value is -1.94. The number of carbonyl (C=O) groups excluding carboxylic acids is 1. The minimum Gasteiger partial charge on any atom is -0.333 e. The summed E-state index contributed by atoms with van der Waals surface area (Å²) in [5, 5.41) is 2.27. The quantitative estimate of drug-likeness (QED) is 0.904. The predicted molar refractivity (Wildman–Crippen MR) is 74.4 cm³/mol. The van der Waals surface area contributed by atoms with Gasteiger partial charge in [-0.1, -0.05) is 24.3 Å². The van der Waals surface area contributed by atoms with Gasteiger partial charge in [-0.15, -0.1) is 0 Å². The van der Waals surface area contributed by atoms with E-state index in [1.165, 1.54) is 0 Å². The Morgan fingerprint density at radius 3 is 2.84 bits per heavy atom. The third-order valence-electron chi connectivity index (χ3n) is 3.56. The van der Waals surface area contributed by atoms with Crippen LogP contribution in [0.5, 0.6) is 0 Å². The first-order valence-electron chi connectivity index (χ1n) is 6.62. The topological polar surface area (TPSA) is 59.2 Å². The summed E-state index contributed by atoms with van der Waals surface area (Å²) >= 11 is 0. The summed E-state index contributed by atoms with van der Waals surface area (Å²) in [5.41, 5.74) is 6.44. The molecule has 0 atom stereocenters. The number of pyridine rings is 1. The molecular formula is C15H17N3O. The van der Waals surface area contributed by atoms with Crippen molar-refractivity contribution in [3.63, 3.8) is 0 Å². The maximum absolute atomic E-state index is 11.9. The third-order valence-corrected chi connectivity index (χ3v) is 3.56. The molecule has 0 radical (unpaired) electrons. The fourth-order valence-electron chi connectivity index (χ4n) is 2.39. The van der Waals surface area contributed by atoms with Crippen molar-refractivity contribution in [2.45, 2.75) is 25.4 Å². The molecule has 1 heterocycles. The zero-order chi connectivity index (χ0) is 13.2. The van der Waals surface area contributed by atoms with Crippen LogP contribution in [-0.2, 0) is 11.3 Å². The molecule has 2 aromatic rings. The molecule has 1 saturated carbocycles. The smallest absolute Gasteiger partial charge is 0.236 e.